The molecule has 2 unspecified atom stereocenters. The minimum Gasteiger partial charge on any atom is -0.381 e. The lowest BCUT2D eigenvalue weighted by Gasteiger charge is -2.22. The third-order valence-corrected chi connectivity index (χ3v) is 3.46. The van der Waals surface area contributed by atoms with Gasteiger partial charge in [0.25, 0.3) is 0 Å². The maximum atomic E-state index is 5.50. The number of benzene rings is 1. The Labute approximate surface area is 98.0 Å². The van der Waals surface area contributed by atoms with Crippen molar-refractivity contribution in [2.24, 2.45) is 5.92 Å². The topological polar surface area (TPSA) is 21.3 Å². The zero-order chi connectivity index (χ0) is 11.4. The average Bonchev–Trinajstić information content (AvgIpc) is 2.81. The Kier molecular flexibility index (Phi) is 3.97. The molecule has 2 atom stereocenters. The van der Waals surface area contributed by atoms with E-state index in [4.69, 9.17) is 4.74 Å². The highest BCUT2D eigenvalue weighted by molar-refractivity contribution is 5.25. The van der Waals surface area contributed by atoms with Gasteiger partial charge in [0.15, 0.2) is 0 Å². The standard InChI is InChI=1S/C14H21NO/c1-11-3-5-12(6-4-11)14(9-15-2)13-7-8-16-10-13/h3-6,13-15H,7-10H2,1-2H3. The fourth-order valence-electron chi connectivity index (χ4n) is 2.46. The third-order valence-electron chi connectivity index (χ3n) is 3.46. The van der Waals surface area contributed by atoms with Crippen LogP contribution in [0.3, 0.4) is 0 Å². The van der Waals surface area contributed by atoms with Gasteiger partial charge in [-0.2, -0.15) is 0 Å². The van der Waals surface area contributed by atoms with E-state index in [0.717, 1.165) is 19.8 Å². The van der Waals surface area contributed by atoms with Gasteiger partial charge in [-0.05, 0) is 31.9 Å². The van der Waals surface area contributed by atoms with E-state index in [1.807, 2.05) is 7.05 Å². The smallest absolute Gasteiger partial charge is 0.0501 e. The second-order valence-electron chi connectivity index (χ2n) is 4.70. The summed E-state index contributed by atoms with van der Waals surface area (Å²) < 4.78 is 5.50. The Balaban J connectivity index is 2.14. The van der Waals surface area contributed by atoms with Crippen molar-refractivity contribution in [3.05, 3.63) is 35.4 Å². The third kappa shape index (κ3) is 2.63. The van der Waals surface area contributed by atoms with Crippen molar-refractivity contribution >= 4 is 0 Å². The van der Waals surface area contributed by atoms with Crippen LogP contribution in [0.5, 0.6) is 0 Å². The molecule has 0 spiro atoms. The summed E-state index contributed by atoms with van der Waals surface area (Å²) in [6.45, 7) is 5.02. The van der Waals surface area contributed by atoms with Crippen molar-refractivity contribution in [3.8, 4) is 0 Å². The highest BCUT2D eigenvalue weighted by atomic mass is 16.5. The van der Waals surface area contributed by atoms with E-state index in [1.165, 1.54) is 17.5 Å². The molecule has 1 fully saturated rings. The number of rotatable bonds is 4. The Morgan fingerprint density at radius 3 is 2.69 bits per heavy atom. The molecular formula is C14H21NO. The van der Waals surface area contributed by atoms with E-state index < -0.39 is 0 Å². The molecule has 1 saturated heterocycles. The van der Waals surface area contributed by atoms with Crippen LogP contribution in [0, 0.1) is 12.8 Å². The summed E-state index contributed by atoms with van der Waals surface area (Å²) in [5, 5.41) is 3.30. The molecule has 0 aromatic heterocycles. The van der Waals surface area contributed by atoms with Gasteiger partial charge in [0.1, 0.15) is 0 Å². The monoisotopic (exact) mass is 219 g/mol. The van der Waals surface area contributed by atoms with Gasteiger partial charge in [-0.25, -0.2) is 0 Å². The normalized spacial score (nSPS) is 22.2. The molecule has 0 bridgehead atoms. The van der Waals surface area contributed by atoms with Crippen LogP contribution in [0.25, 0.3) is 0 Å². The lowest BCUT2D eigenvalue weighted by molar-refractivity contribution is 0.180. The summed E-state index contributed by atoms with van der Waals surface area (Å²) in [7, 11) is 2.02. The fourth-order valence-corrected chi connectivity index (χ4v) is 2.46. The van der Waals surface area contributed by atoms with Crippen LogP contribution in [0.1, 0.15) is 23.5 Å². The second-order valence-corrected chi connectivity index (χ2v) is 4.70. The maximum absolute atomic E-state index is 5.50. The van der Waals surface area contributed by atoms with Crippen molar-refractivity contribution in [2.75, 3.05) is 26.8 Å². The van der Waals surface area contributed by atoms with Crippen LogP contribution in [-0.4, -0.2) is 26.8 Å². The molecule has 1 heterocycles. The first-order valence-corrected chi connectivity index (χ1v) is 6.10. The van der Waals surface area contributed by atoms with Crippen LogP contribution >= 0.6 is 0 Å². The zero-order valence-corrected chi connectivity index (χ0v) is 10.2. The molecule has 88 valence electrons. The van der Waals surface area contributed by atoms with E-state index in [0.29, 0.717) is 11.8 Å². The number of aryl methyl sites for hydroxylation is 1. The van der Waals surface area contributed by atoms with Crippen molar-refractivity contribution in [2.45, 2.75) is 19.3 Å². The minimum absolute atomic E-state index is 0.591. The SMILES string of the molecule is CNCC(c1ccc(C)cc1)C1CCOC1. The first-order valence-electron chi connectivity index (χ1n) is 6.10. The Morgan fingerprint density at radius 1 is 1.38 bits per heavy atom. The van der Waals surface area contributed by atoms with E-state index in [-0.39, 0.29) is 0 Å². The molecule has 16 heavy (non-hydrogen) atoms. The highest BCUT2D eigenvalue weighted by Gasteiger charge is 2.26. The van der Waals surface area contributed by atoms with Crippen LogP contribution in [0.4, 0.5) is 0 Å². The molecule has 1 aromatic rings. The molecule has 2 rings (SSSR count). The van der Waals surface area contributed by atoms with Crippen molar-refractivity contribution < 1.29 is 4.74 Å². The highest BCUT2D eigenvalue weighted by Crippen LogP contribution is 2.30. The first-order chi connectivity index (χ1) is 7.81. The largest absolute Gasteiger partial charge is 0.381 e. The van der Waals surface area contributed by atoms with Gasteiger partial charge in [0.05, 0.1) is 6.61 Å². The summed E-state index contributed by atoms with van der Waals surface area (Å²) in [6, 6.07) is 8.92. The van der Waals surface area contributed by atoms with Gasteiger partial charge in [-0.3, -0.25) is 0 Å². The number of likely N-dealkylation sites (N-methyl/N-ethyl adjacent to an activating group) is 1. The van der Waals surface area contributed by atoms with E-state index >= 15 is 0 Å². The Bertz CT molecular complexity index is 314. The predicted octanol–water partition coefficient (Wildman–Crippen LogP) is 2.33. The number of hydrogen-bond acceptors (Lipinski definition) is 2. The summed E-state index contributed by atoms with van der Waals surface area (Å²) in [5.74, 6) is 1.27. The van der Waals surface area contributed by atoms with Gasteiger partial charge in [-0.1, -0.05) is 29.8 Å². The van der Waals surface area contributed by atoms with E-state index in [9.17, 15) is 0 Å². The van der Waals surface area contributed by atoms with E-state index in [1.54, 1.807) is 0 Å². The summed E-state index contributed by atoms with van der Waals surface area (Å²) in [6.07, 6.45) is 1.19. The fraction of sp³-hybridized carbons (Fsp3) is 0.571. The molecular weight excluding hydrogens is 198 g/mol. The lowest BCUT2D eigenvalue weighted by Crippen LogP contribution is -2.24. The zero-order valence-electron chi connectivity index (χ0n) is 10.2. The lowest BCUT2D eigenvalue weighted by atomic mass is 9.85. The Morgan fingerprint density at radius 2 is 2.12 bits per heavy atom. The van der Waals surface area contributed by atoms with Gasteiger partial charge < -0.3 is 10.1 Å². The number of ether oxygens (including phenoxy) is 1. The minimum atomic E-state index is 0.591. The molecule has 0 saturated carbocycles. The van der Waals surface area contributed by atoms with Gasteiger partial charge in [0.2, 0.25) is 0 Å². The molecule has 1 aliphatic heterocycles. The Hall–Kier alpha value is -0.860. The van der Waals surface area contributed by atoms with Gasteiger partial charge in [-0.15, -0.1) is 0 Å². The molecule has 1 N–H and O–H groups in total. The molecule has 0 aliphatic carbocycles. The predicted molar refractivity (Wildman–Crippen MR) is 66.8 cm³/mol. The van der Waals surface area contributed by atoms with Gasteiger partial charge in [0, 0.05) is 19.1 Å². The van der Waals surface area contributed by atoms with Crippen molar-refractivity contribution in [1.29, 1.82) is 0 Å². The molecule has 0 radical (unpaired) electrons. The number of hydrogen-bond donors (Lipinski definition) is 1. The van der Waals surface area contributed by atoms with Gasteiger partial charge >= 0.3 is 0 Å². The average molecular weight is 219 g/mol. The summed E-state index contributed by atoms with van der Waals surface area (Å²) in [4.78, 5) is 0. The van der Waals surface area contributed by atoms with Crippen molar-refractivity contribution in [3.63, 3.8) is 0 Å². The maximum Gasteiger partial charge on any atom is 0.0501 e. The molecule has 2 nitrogen and oxygen atoms in total. The molecule has 2 heteroatoms. The van der Waals surface area contributed by atoms with Crippen molar-refractivity contribution in [1.82, 2.24) is 5.32 Å². The molecule has 0 amide bonds. The van der Waals surface area contributed by atoms with Crippen LogP contribution in [-0.2, 0) is 4.74 Å². The number of nitrogens with one attached hydrogen (secondary N) is 1. The summed E-state index contributed by atoms with van der Waals surface area (Å²) >= 11 is 0. The van der Waals surface area contributed by atoms with Crippen LogP contribution < -0.4 is 5.32 Å². The van der Waals surface area contributed by atoms with Crippen LogP contribution in [0.15, 0.2) is 24.3 Å². The molecule has 1 aromatic carbocycles. The van der Waals surface area contributed by atoms with Crippen LogP contribution in [0.2, 0.25) is 0 Å². The second kappa shape index (κ2) is 5.46. The molecule has 1 aliphatic rings. The quantitative estimate of drug-likeness (QED) is 0.839. The summed E-state index contributed by atoms with van der Waals surface area (Å²) in [5.41, 5.74) is 2.77. The first kappa shape index (κ1) is 11.6. The van der Waals surface area contributed by atoms with E-state index in [2.05, 4.69) is 36.5 Å².